The third-order valence-electron chi connectivity index (χ3n) is 2.59. The van der Waals surface area contributed by atoms with Crippen LogP contribution in [0.25, 0.3) is 0 Å². The van der Waals surface area contributed by atoms with Gasteiger partial charge in [-0.15, -0.1) is 0 Å². The quantitative estimate of drug-likeness (QED) is 0.677. The summed E-state index contributed by atoms with van der Waals surface area (Å²) in [4.78, 5) is 0. The van der Waals surface area contributed by atoms with Gasteiger partial charge in [0.1, 0.15) is 5.75 Å². The van der Waals surface area contributed by atoms with Crippen LogP contribution in [0.15, 0.2) is 24.3 Å². The fraction of sp³-hybridized carbons (Fsp3) is 0.600. The van der Waals surface area contributed by atoms with Crippen LogP contribution in [0.4, 0.5) is 5.69 Å². The first-order valence-electron chi connectivity index (χ1n) is 6.69. The number of nitrogens with one attached hydrogen (secondary N) is 1. The van der Waals surface area contributed by atoms with E-state index in [9.17, 15) is 0 Å². The monoisotopic (exact) mass is 235 g/mol. The summed E-state index contributed by atoms with van der Waals surface area (Å²) in [5, 5.41) is 3.39. The Morgan fingerprint density at radius 2 is 1.82 bits per heavy atom. The number of anilines is 1. The van der Waals surface area contributed by atoms with Crippen LogP contribution in [0.2, 0.25) is 0 Å². The molecule has 0 aliphatic carbocycles. The molecule has 1 rings (SSSR count). The lowest BCUT2D eigenvalue weighted by Gasteiger charge is -2.10. The Kier molecular flexibility index (Phi) is 6.53. The molecule has 1 N–H and O–H groups in total. The van der Waals surface area contributed by atoms with Crippen molar-refractivity contribution in [2.75, 3.05) is 18.5 Å². The average Bonchev–Trinajstić information content (AvgIpc) is 2.33. The molecule has 0 aliphatic heterocycles. The molecule has 0 bridgehead atoms. The summed E-state index contributed by atoms with van der Waals surface area (Å²) >= 11 is 0. The van der Waals surface area contributed by atoms with E-state index in [1.807, 2.05) is 12.1 Å². The second kappa shape index (κ2) is 7.99. The first kappa shape index (κ1) is 13.9. The molecular weight excluding hydrogens is 210 g/mol. The first-order valence-corrected chi connectivity index (χ1v) is 6.69. The zero-order valence-corrected chi connectivity index (χ0v) is 11.3. The Labute approximate surface area is 105 Å². The summed E-state index contributed by atoms with van der Waals surface area (Å²) in [7, 11) is 0. The Bertz CT molecular complexity index is 292. The van der Waals surface area contributed by atoms with E-state index in [0.29, 0.717) is 5.92 Å². The number of ether oxygens (including phenoxy) is 1. The van der Waals surface area contributed by atoms with Gasteiger partial charge in [0.2, 0.25) is 0 Å². The molecule has 0 spiro atoms. The minimum Gasteiger partial charge on any atom is -0.494 e. The Morgan fingerprint density at radius 1 is 1.12 bits per heavy atom. The van der Waals surface area contributed by atoms with Gasteiger partial charge in [-0.05, 0) is 36.6 Å². The van der Waals surface area contributed by atoms with Crippen LogP contribution in [0, 0.1) is 5.92 Å². The summed E-state index contributed by atoms with van der Waals surface area (Å²) in [5.41, 5.74) is 1.17. The maximum absolute atomic E-state index is 5.66. The molecule has 0 fully saturated rings. The number of benzene rings is 1. The van der Waals surface area contributed by atoms with Crippen LogP contribution in [-0.4, -0.2) is 13.2 Å². The molecule has 96 valence electrons. The van der Waals surface area contributed by atoms with Crippen molar-refractivity contribution in [1.82, 2.24) is 0 Å². The van der Waals surface area contributed by atoms with Crippen LogP contribution >= 0.6 is 0 Å². The van der Waals surface area contributed by atoms with E-state index in [1.165, 1.54) is 18.5 Å². The second-order valence-electron chi connectivity index (χ2n) is 4.85. The molecule has 17 heavy (non-hydrogen) atoms. The molecule has 0 unspecified atom stereocenters. The van der Waals surface area contributed by atoms with Gasteiger partial charge in [0.05, 0.1) is 6.61 Å². The molecule has 0 atom stereocenters. The van der Waals surface area contributed by atoms with Gasteiger partial charge in [-0.3, -0.25) is 0 Å². The van der Waals surface area contributed by atoms with Crippen molar-refractivity contribution in [2.24, 2.45) is 5.92 Å². The summed E-state index contributed by atoms with van der Waals surface area (Å²) in [6, 6.07) is 8.23. The normalized spacial score (nSPS) is 10.6. The van der Waals surface area contributed by atoms with Crippen molar-refractivity contribution < 1.29 is 4.74 Å². The van der Waals surface area contributed by atoms with Crippen molar-refractivity contribution in [3.8, 4) is 5.75 Å². The fourth-order valence-corrected chi connectivity index (χ4v) is 1.53. The van der Waals surface area contributed by atoms with E-state index < -0.39 is 0 Å². The molecule has 0 aliphatic rings. The SMILES string of the molecule is CCCCCOc1ccc(NCC(C)C)cc1. The minimum absolute atomic E-state index is 0.667. The number of hydrogen-bond acceptors (Lipinski definition) is 2. The molecule has 0 saturated heterocycles. The Hall–Kier alpha value is -1.18. The van der Waals surface area contributed by atoms with Crippen molar-refractivity contribution in [3.05, 3.63) is 24.3 Å². The van der Waals surface area contributed by atoms with Gasteiger partial charge >= 0.3 is 0 Å². The van der Waals surface area contributed by atoms with E-state index in [-0.39, 0.29) is 0 Å². The minimum atomic E-state index is 0.667. The molecule has 0 amide bonds. The maximum atomic E-state index is 5.66. The topological polar surface area (TPSA) is 21.3 Å². The molecular formula is C15H25NO. The van der Waals surface area contributed by atoms with Crippen LogP contribution in [0.3, 0.4) is 0 Å². The van der Waals surface area contributed by atoms with Gasteiger partial charge in [-0.2, -0.15) is 0 Å². The summed E-state index contributed by atoms with van der Waals surface area (Å²) in [6.07, 6.45) is 3.62. The lowest BCUT2D eigenvalue weighted by molar-refractivity contribution is 0.306. The zero-order valence-electron chi connectivity index (χ0n) is 11.3. The highest BCUT2D eigenvalue weighted by atomic mass is 16.5. The average molecular weight is 235 g/mol. The highest BCUT2D eigenvalue weighted by molar-refractivity contribution is 5.46. The molecule has 1 aromatic carbocycles. The van der Waals surface area contributed by atoms with Gasteiger partial charge in [-0.25, -0.2) is 0 Å². The highest BCUT2D eigenvalue weighted by Gasteiger charge is 1.97. The number of rotatable bonds is 8. The highest BCUT2D eigenvalue weighted by Crippen LogP contribution is 2.16. The Morgan fingerprint density at radius 3 is 2.41 bits per heavy atom. The van der Waals surface area contributed by atoms with E-state index in [2.05, 4.69) is 38.2 Å². The van der Waals surface area contributed by atoms with Gasteiger partial charge in [0.25, 0.3) is 0 Å². The molecule has 0 heterocycles. The summed E-state index contributed by atoms with van der Waals surface area (Å²) in [5.74, 6) is 1.64. The third-order valence-corrected chi connectivity index (χ3v) is 2.59. The van der Waals surface area contributed by atoms with Crippen molar-refractivity contribution >= 4 is 5.69 Å². The van der Waals surface area contributed by atoms with Crippen LogP contribution in [0.1, 0.15) is 40.0 Å². The second-order valence-corrected chi connectivity index (χ2v) is 4.85. The molecule has 0 radical (unpaired) electrons. The molecule has 0 aromatic heterocycles. The fourth-order valence-electron chi connectivity index (χ4n) is 1.53. The maximum Gasteiger partial charge on any atom is 0.119 e. The molecule has 1 aromatic rings. The van der Waals surface area contributed by atoms with E-state index in [1.54, 1.807) is 0 Å². The van der Waals surface area contributed by atoms with Gasteiger partial charge in [-0.1, -0.05) is 33.6 Å². The van der Waals surface area contributed by atoms with E-state index in [0.717, 1.165) is 25.3 Å². The van der Waals surface area contributed by atoms with Gasteiger partial charge in [0, 0.05) is 12.2 Å². The molecule has 2 nitrogen and oxygen atoms in total. The standard InChI is InChI=1S/C15H25NO/c1-4-5-6-11-17-15-9-7-14(8-10-15)16-12-13(2)3/h7-10,13,16H,4-6,11-12H2,1-3H3. The lowest BCUT2D eigenvalue weighted by Crippen LogP contribution is -2.07. The van der Waals surface area contributed by atoms with Crippen LogP contribution in [-0.2, 0) is 0 Å². The van der Waals surface area contributed by atoms with Gasteiger partial charge < -0.3 is 10.1 Å². The van der Waals surface area contributed by atoms with E-state index in [4.69, 9.17) is 4.74 Å². The van der Waals surface area contributed by atoms with Crippen molar-refractivity contribution in [2.45, 2.75) is 40.0 Å². The predicted octanol–water partition coefficient (Wildman–Crippen LogP) is 4.32. The summed E-state index contributed by atoms with van der Waals surface area (Å²) in [6.45, 7) is 8.45. The van der Waals surface area contributed by atoms with Crippen LogP contribution < -0.4 is 10.1 Å². The number of hydrogen-bond donors (Lipinski definition) is 1. The lowest BCUT2D eigenvalue weighted by atomic mass is 10.2. The number of unbranched alkanes of at least 4 members (excludes halogenated alkanes) is 2. The zero-order chi connectivity index (χ0) is 12.5. The smallest absolute Gasteiger partial charge is 0.119 e. The largest absolute Gasteiger partial charge is 0.494 e. The van der Waals surface area contributed by atoms with E-state index >= 15 is 0 Å². The molecule has 0 saturated carbocycles. The molecule has 2 heteroatoms. The van der Waals surface area contributed by atoms with Crippen LogP contribution in [0.5, 0.6) is 5.75 Å². The van der Waals surface area contributed by atoms with Crippen molar-refractivity contribution in [3.63, 3.8) is 0 Å². The van der Waals surface area contributed by atoms with Crippen molar-refractivity contribution in [1.29, 1.82) is 0 Å². The van der Waals surface area contributed by atoms with Gasteiger partial charge in [0.15, 0.2) is 0 Å². The first-order chi connectivity index (χ1) is 8.22. The predicted molar refractivity (Wildman–Crippen MR) is 74.8 cm³/mol. The summed E-state index contributed by atoms with van der Waals surface area (Å²) < 4.78 is 5.66. The third kappa shape index (κ3) is 6.20. The Balaban J connectivity index is 2.29.